The molecule has 0 saturated carbocycles. The average Bonchev–Trinajstić information content (AvgIpc) is 2.05. The molecule has 5 heteroatoms. The van der Waals surface area contributed by atoms with Crippen molar-refractivity contribution in [3.05, 3.63) is 22.5 Å². The van der Waals surface area contributed by atoms with E-state index >= 15 is 0 Å². The monoisotopic (exact) mass is 228 g/mol. The number of nitrogens with zero attached hydrogens (tertiary/aromatic N) is 2. The summed E-state index contributed by atoms with van der Waals surface area (Å²) in [6, 6.07) is 1.48. The van der Waals surface area contributed by atoms with Crippen LogP contribution in [-0.4, -0.2) is 21.3 Å². The molecule has 82 valence electrons. The molecule has 1 aromatic rings. The third-order valence-corrected chi connectivity index (χ3v) is 2.02. The van der Waals surface area contributed by atoms with Crippen LogP contribution in [0, 0.1) is 5.41 Å². The zero-order valence-corrected chi connectivity index (χ0v) is 9.67. The van der Waals surface area contributed by atoms with Gasteiger partial charge in [-0.1, -0.05) is 32.4 Å². The van der Waals surface area contributed by atoms with Gasteiger partial charge in [0.25, 0.3) is 0 Å². The fourth-order valence-corrected chi connectivity index (χ4v) is 1.37. The van der Waals surface area contributed by atoms with Crippen molar-refractivity contribution >= 4 is 17.6 Å². The van der Waals surface area contributed by atoms with Gasteiger partial charge in [0.2, 0.25) is 0 Å². The minimum Gasteiger partial charge on any atom is -0.478 e. The van der Waals surface area contributed by atoms with Gasteiger partial charge in [-0.05, 0) is 17.9 Å². The van der Waals surface area contributed by atoms with Gasteiger partial charge in [-0.2, -0.15) is 5.10 Å². The second kappa shape index (κ2) is 4.14. The van der Waals surface area contributed by atoms with Gasteiger partial charge in [0, 0.05) is 0 Å². The third kappa shape index (κ3) is 3.47. The zero-order chi connectivity index (χ0) is 11.6. The van der Waals surface area contributed by atoms with Crippen LogP contribution in [-0.2, 0) is 6.42 Å². The van der Waals surface area contributed by atoms with Crippen molar-refractivity contribution in [1.29, 1.82) is 0 Å². The summed E-state index contributed by atoms with van der Waals surface area (Å²) < 4.78 is 0. The second-order valence-corrected chi connectivity index (χ2v) is 4.94. The Morgan fingerprint density at radius 3 is 2.53 bits per heavy atom. The summed E-state index contributed by atoms with van der Waals surface area (Å²) >= 11 is 5.61. The van der Waals surface area contributed by atoms with Crippen molar-refractivity contribution in [2.75, 3.05) is 0 Å². The number of carboxylic acids is 1. The second-order valence-electron chi connectivity index (χ2n) is 4.58. The van der Waals surface area contributed by atoms with Gasteiger partial charge in [-0.25, -0.2) is 4.79 Å². The molecule has 0 bridgehead atoms. The Hall–Kier alpha value is -1.16. The summed E-state index contributed by atoms with van der Waals surface area (Å²) in [6.45, 7) is 6.14. The van der Waals surface area contributed by atoms with Crippen LogP contribution in [0.5, 0.6) is 0 Å². The average molecular weight is 229 g/mol. The molecule has 0 aliphatic rings. The van der Waals surface area contributed by atoms with Crippen molar-refractivity contribution in [2.45, 2.75) is 27.2 Å². The van der Waals surface area contributed by atoms with E-state index in [0.29, 0.717) is 12.1 Å². The normalized spacial score (nSPS) is 11.5. The highest BCUT2D eigenvalue weighted by Gasteiger charge is 2.16. The van der Waals surface area contributed by atoms with Crippen LogP contribution < -0.4 is 0 Å². The lowest BCUT2D eigenvalue weighted by Crippen LogP contribution is -2.12. The molecular formula is C10H13ClN2O2. The molecule has 1 heterocycles. The van der Waals surface area contributed by atoms with E-state index in [2.05, 4.69) is 10.2 Å². The number of carboxylic acid groups (broad SMARTS) is 1. The predicted octanol–water partition coefficient (Wildman–Crippen LogP) is 2.42. The number of hydrogen-bond acceptors (Lipinski definition) is 3. The predicted molar refractivity (Wildman–Crippen MR) is 57.2 cm³/mol. The first kappa shape index (κ1) is 11.9. The highest BCUT2D eigenvalue weighted by Crippen LogP contribution is 2.21. The van der Waals surface area contributed by atoms with Crippen LogP contribution in [0.2, 0.25) is 5.15 Å². The zero-order valence-electron chi connectivity index (χ0n) is 8.91. The molecule has 4 nitrogen and oxygen atoms in total. The van der Waals surface area contributed by atoms with Crippen molar-refractivity contribution in [2.24, 2.45) is 5.41 Å². The molecular weight excluding hydrogens is 216 g/mol. The van der Waals surface area contributed by atoms with Crippen molar-refractivity contribution < 1.29 is 9.90 Å². The van der Waals surface area contributed by atoms with E-state index < -0.39 is 5.97 Å². The van der Waals surface area contributed by atoms with Crippen LogP contribution in [0.3, 0.4) is 0 Å². The van der Waals surface area contributed by atoms with E-state index in [-0.39, 0.29) is 16.1 Å². The van der Waals surface area contributed by atoms with Gasteiger partial charge < -0.3 is 5.11 Å². The lowest BCUT2D eigenvalue weighted by molar-refractivity contribution is 0.0696. The minimum atomic E-state index is -1.08. The summed E-state index contributed by atoms with van der Waals surface area (Å²) in [7, 11) is 0. The molecule has 0 aliphatic heterocycles. The number of hydrogen-bond donors (Lipinski definition) is 1. The first-order valence-corrected chi connectivity index (χ1v) is 4.93. The van der Waals surface area contributed by atoms with Gasteiger partial charge in [0.1, 0.15) is 5.56 Å². The van der Waals surface area contributed by atoms with Crippen molar-refractivity contribution in [1.82, 2.24) is 10.2 Å². The van der Waals surface area contributed by atoms with Crippen LogP contribution >= 0.6 is 11.6 Å². The molecule has 15 heavy (non-hydrogen) atoms. The molecule has 0 amide bonds. The SMILES string of the molecule is CC(C)(C)Cc1cc(C(=O)O)c(Cl)nn1. The van der Waals surface area contributed by atoms with Gasteiger partial charge in [-0.15, -0.1) is 5.10 Å². The molecule has 1 rings (SSSR count). The van der Waals surface area contributed by atoms with Crippen LogP contribution in [0.1, 0.15) is 36.8 Å². The van der Waals surface area contributed by atoms with Crippen LogP contribution in [0.4, 0.5) is 0 Å². The number of aromatic carboxylic acids is 1. The van der Waals surface area contributed by atoms with E-state index in [1.807, 2.05) is 20.8 Å². The molecule has 0 aromatic carbocycles. The lowest BCUT2D eigenvalue weighted by atomic mass is 9.90. The van der Waals surface area contributed by atoms with Gasteiger partial charge >= 0.3 is 5.97 Å². The minimum absolute atomic E-state index is 0.00548. The first-order valence-electron chi connectivity index (χ1n) is 4.55. The van der Waals surface area contributed by atoms with E-state index in [1.165, 1.54) is 6.07 Å². The molecule has 0 unspecified atom stereocenters. The maximum Gasteiger partial charge on any atom is 0.338 e. The van der Waals surface area contributed by atoms with Crippen molar-refractivity contribution in [3.8, 4) is 0 Å². The quantitative estimate of drug-likeness (QED) is 0.845. The molecule has 1 N–H and O–H groups in total. The van der Waals surface area contributed by atoms with Crippen molar-refractivity contribution in [3.63, 3.8) is 0 Å². The Kier molecular flexibility index (Phi) is 3.29. The van der Waals surface area contributed by atoms with Gasteiger partial charge in [0.15, 0.2) is 5.15 Å². The van der Waals surface area contributed by atoms with Crippen LogP contribution in [0.25, 0.3) is 0 Å². The van der Waals surface area contributed by atoms with Gasteiger partial charge in [0.05, 0.1) is 5.69 Å². The summed E-state index contributed by atoms with van der Waals surface area (Å²) in [5, 5.41) is 16.2. The largest absolute Gasteiger partial charge is 0.478 e. The number of rotatable bonds is 2. The maximum absolute atomic E-state index is 10.8. The third-order valence-electron chi connectivity index (χ3n) is 1.74. The number of carbonyl (C=O) groups is 1. The number of halogens is 1. The standard InChI is InChI=1S/C10H13ClN2O2/c1-10(2,3)5-6-4-7(9(14)15)8(11)13-12-6/h4H,5H2,1-3H3,(H,14,15). The van der Waals surface area contributed by atoms with E-state index in [0.717, 1.165) is 0 Å². The van der Waals surface area contributed by atoms with E-state index in [4.69, 9.17) is 16.7 Å². The fourth-order valence-electron chi connectivity index (χ4n) is 1.20. The maximum atomic E-state index is 10.8. The Morgan fingerprint density at radius 2 is 2.07 bits per heavy atom. The summed E-state index contributed by atoms with van der Waals surface area (Å²) in [5.74, 6) is -1.08. The van der Waals surface area contributed by atoms with E-state index in [1.54, 1.807) is 0 Å². The Bertz CT molecular complexity index is 385. The first-order chi connectivity index (χ1) is 6.79. The molecule has 0 radical (unpaired) electrons. The fraction of sp³-hybridized carbons (Fsp3) is 0.500. The summed E-state index contributed by atoms with van der Waals surface area (Å²) in [4.78, 5) is 10.8. The summed E-state index contributed by atoms with van der Waals surface area (Å²) in [6.07, 6.45) is 0.664. The van der Waals surface area contributed by atoms with E-state index in [9.17, 15) is 4.79 Å². The molecule has 0 fully saturated rings. The molecule has 1 aromatic heterocycles. The Labute approximate surface area is 93.3 Å². The van der Waals surface area contributed by atoms with Gasteiger partial charge in [-0.3, -0.25) is 0 Å². The highest BCUT2D eigenvalue weighted by atomic mass is 35.5. The molecule has 0 spiro atoms. The summed E-state index contributed by atoms with van der Waals surface area (Å²) in [5.41, 5.74) is 0.688. The molecule has 0 saturated heterocycles. The number of aromatic nitrogens is 2. The Balaban J connectivity index is 3.03. The lowest BCUT2D eigenvalue weighted by Gasteiger charge is -2.16. The molecule has 0 aliphatic carbocycles. The smallest absolute Gasteiger partial charge is 0.338 e. The Morgan fingerprint density at radius 1 is 1.47 bits per heavy atom. The van der Waals surface area contributed by atoms with Crippen LogP contribution in [0.15, 0.2) is 6.07 Å². The molecule has 0 atom stereocenters. The topological polar surface area (TPSA) is 63.1 Å². The highest BCUT2D eigenvalue weighted by molar-refractivity contribution is 6.32.